The number of methoxy groups -OCH3 is 1. The van der Waals surface area contributed by atoms with E-state index in [1.807, 2.05) is 60.6 Å². The molecule has 0 aliphatic rings. The zero-order valence-electron chi connectivity index (χ0n) is 14.3. The largest absolute Gasteiger partial charge is 0.497 e. The zero-order valence-corrected chi connectivity index (χ0v) is 15.1. The molecule has 1 N–H and O–H groups in total. The predicted octanol–water partition coefficient (Wildman–Crippen LogP) is 2.94. The Morgan fingerprint density at radius 2 is 1.96 bits per heavy atom. The van der Waals surface area contributed by atoms with Gasteiger partial charge in [-0.3, -0.25) is 9.69 Å². The van der Waals surface area contributed by atoms with Gasteiger partial charge in [-0.25, -0.2) is 0 Å². The molecule has 0 saturated heterocycles. The minimum absolute atomic E-state index is 0.0165. The number of nitrogens with zero attached hydrogens (tertiary/aromatic N) is 1. The number of amides is 1. The summed E-state index contributed by atoms with van der Waals surface area (Å²) < 4.78 is 10.8. The third kappa shape index (κ3) is 5.86. The summed E-state index contributed by atoms with van der Waals surface area (Å²) in [4.78, 5) is 15.2. The number of carbonyl (C=O) groups excluding carboxylic acids is 1. The topological polar surface area (TPSA) is 50.8 Å². The van der Waals surface area contributed by atoms with E-state index in [2.05, 4.69) is 5.32 Å². The van der Waals surface area contributed by atoms with Gasteiger partial charge in [-0.05, 0) is 49.7 Å². The molecule has 24 heavy (non-hydrogen) atoms. The number of hydrogen-bond acceptors (Lipinski definition) is 5. The standard InChI is InChI=1S/C18H24N2O3S/c1-14(17-5-4-12-24-17)19-18(21)13-20(2)10-11-23-16-8-6-15(22-3)7-9-16/h4-9,12,14H,10-11,13H2,1-3H3,(H,19,21). The maximum Gasteiger partial charge on any atom is 0.234 e. The third-order valence-electron chi connectivity index (χ3n) is 3.56. The molecule has 0 spiro atoms. The Kier molecular flexibility index (Phi) is 7.08. The molecule has 1 amide bonds. The van der Waals surface area contributed by atoms with E-state index >= 15 is 0 Å². The van der Waals surface area contributed by atoms with Gasteiger partial charge in [0, 0.05) is 11.4 Å². The lowest BCUT2D eigenvalue weighted by Gasteiger charge is -2.18. The van der Waals surface area contributed by atoms with Crippen LogP contribution in [0.5, 0.6) is 11.5 Å². The van der Waals surface area contributed by atoms with E-state index in [-0.39, 0.29) is 11.9 Å². The van der Waals surface area contributed by atoms with Crippen molar-refractivity contribution in [3.63, 3.8) is 0 Å². The first-order valence-electron chi connectivity index (χ1n) is 7.86. The second-order valence-corrected chi connectivity index (χ2v) is 6.55. The Bertz CT molecular complexity index is 614. The molecule has 0 aliphatic heterocycles. The molecule has 1 atom stereocenters. The highest BCUT2D eigenvalue weighted by Crippen LogP contribution is 2.18. The lowest BCUT2D eigenvalue weighted by Crippen LogP contribution is -2.37. The van der Waals surface area contributed by atoms with Crippen LogP contribution in [0.15, 0.2) is 41.8 Å². The van der Waals surface area contributed by atoms with E-state index in [4.69, 9.17) is 9.47 Å². The zero-order chi connectivity index (χ0) is 17.4. The fourth-order valence-corrected chi connectivity index (χ4v) is 2.95. The average molecular weight is 348 g/mol. The number of carbonyl (C=O) groups is 1. The summed E-state index contributed by atoms with van der Waals surface area (Å²) >= 11 is 1.65. The Morgan fingerprint density at radius 1 is 1.25 bits per heavy atom. The van der Waals surface area contributed by atoms with Crippen LogP contribution >= 0.6 is 11.3 Å². The van der Waals surface area contributed by atoms with Gasteiger partial charge in [-0.1, -0.05) is 6.07 Å². The predicted molar refractivity (Wildman–Crippen MR) is 96.9 cm³/mol. The van der Waals surface area contributed by atoms with Crippen LogP contribution in [0.3, 0.4) is 0 Å². The van der Waals surface area contributed by atoms with E-state index in [1.165, 1.54) is 0 Å². The SMILES string of the molecule is COc1ccc(OCCN(C)CC(=O)NC(C)c2cccs2)cc1. The maximum absolute atomic E-state index is 12.1. The molecule has 1 aromatic carbocycles. The fourth-order valence-electron chi connectivity index (χ4n) is 2.21. The Labute approximate surface area is 147 Å². The summed E-state index contributed by atoms with van der Waals surface area (Å²) in [6, 6.07) is 11.5. The van der Waals surface area contributed by atoms with Crippen LogP contribution < -0.4 is 14.8 Å². The molecule has 0 bridgehead atoms. The normalized spacial score (nSPS) is 12.0. The molecule has 0 saturated carbocycles. The van der Waals surface area contributed by atoms with E-state index in [1.54, 1.807) is 18.4 Å². The van der Waals surface area contributed by atoms with Crippen molar-refractivity contribution in [2.24, 2.45) is 0 Å². The van der Waals surface area contributed by atoms with Crippen LogP contribution in [0.25, 0.3) is 0 Å². The van der Waals surface area contributed by atoms with Crippen LogP contribution in [0.4, 0.5) is 0 Å². The number of ether oxygens (including phenoxy) is 2. The molecule has 1 unspecified atom stereocenters. The van der Waals surface area contributed by atoms with Gasteiger partial charge in [-0.2, -0.15) is 0 Å². The molecule has 0 aliphatic carbocycles. The molecule has 2 rings (SSSR count). The molecular formula is C18H24N2O3S. The lowest BCUT2D eigenvalue weighted by atomic mass is 10.3. The second kappa shape index (κ2) is 9.30. The van der Waals surface area contributed by atoms with Gasteiger partial charge in [0.1, 0.15) is 18.1 Å². The minimum atomic E-state index is 0.0165. The summed E-state index contributed by atoms with van der Waals surface area (Å²) in [5, 5.41) is 5.02. The van der Waals surface area contributed by atoms with E-state index in [0.29, 0.717) is 19.7 Å². The van der Waals surface area contributed by atoms with Crippen LogP contribution in [0, 0.1) is 0 Å². The summed E-state index contributed by atoms with van der Waals surface area (Å²) in [6.45, 7) is 3.54. The van der Waals surface area contributed by atoms with Gasteiger partial charge in [-0.15, -0.1) is 11.3 Å². The van der Waals surface area contributed by atoms with Crippen LogP contribution in [-0.2, 0) is 4.79 Å². The Balaban J connectivity index is 1.66. The van der Waals surface area contributed by atoms with Gasteiger partial charge in [0.2, 0.25) is 5.91 Å². The summed E-state index contributed by atoms with van der Waals surface area (Å²) in [5.74, 6) is 1.61. The van der Waals surface area contributed by atoms with Crippen molar-refractivity contribution in [1.82, 2.24) is 10.2 Å². The van der Waals surface area contributed by atoms with Gasteiger partial charge in [0.05, 0.1) is 19.7 Å². The second-order valence-electron chi connectivity index (χ2n) is 5.57. The highest BCUT2D eigenvalue weighted by molar-refractivity contribution is 7.10. The number of nitrogens with one attached hydrogen (secondary N) is 1. The third-order valence-corrected chi connectivity index (χ3v) is 4.62. The van der Waals surface area contributed by atoms with Gasteiger partial charge in [0.25, 0.3) is 0 Å². The molecule has 6 heteroatoms. The number of rotatable bonds is 9. The van der Waals surface area contributed by atoms with Crippen molar-refractivity contribution >= 4 is 17.2 Å². The summed E-state index contributed by atoms with van der Waals surface area (Å²) in [6.07, 6.45) is 0. The van der Waals surface area contributed by atoms with Crippen molar-refractivity contribution in [2.75, 3.05) is 33.9 Å². The van der Waals surface area contributed by atoms with Gasteiger partial charge < -0.3 is 14.8 Å². The highest BCUT2D eigenvalue weighted by atomic mass is 32.1. The van der Waals surface area contributed by atoms with E-state index in [0.717, 1.165) is 16.4 Å². The fraction of sp³-hybridized carbons (Fsp3) is 0.389. The Morgan fingerprint density at radius 3 is 2.58 bits per heavy atom. The number of hydrogen-bond donors (Lipinski definition) is 1. The Hall–Kier alpha value is -2.05. The quantitative estimate of drug-likeness (QED) is 0.757. The molecule has 1 heterocycles. The molecular weight excluding hydrogens is 324 g/mol. The lowest BCUT2D eigenvalue weighted by molar-refractivity contribution is -0.122. The van der Waals surface area contributed by atoms with Crippen molar-refractivity contribution in [1.29, 1.82) is 0 Å². The summed E-state index contributed by atoms with van der Waals surface area (Å²) in [5.41, 5.74) is 0. The van der Waals surface area contributed by atoms with E-state index < -0.39 is 0 Å². The molecule has 2 aromatic rings. The number of thiophene rings is 1. The molecule has 0 radical (unpaired) electrons. The molecule has 130 valence electrons. The maximum atomic E-state index is 12.1. The van der Waals surface area contributed by atoms with Crippen molar-refractivity contribution in [2.45, 2.75) is 13.0 Å². The summed E-state index contributed by atoms with van der Waals surface area (Å²) in [7, 11) is 3.54. The monoisotopic (exact) mass is 348 g/mol. The van der Waals surface area contributed by atoms with Gasteiger partial charge >= 0.3 is 0 Å². The highest BCUT2D eigenvalue weighted by Gasteiger charge is 2.12. The number of likely N-dealkylation sites (N-methyl/N-ethyl adjacent to an activating group) is 1. The first kappa shape index (κ1) is 18.3. The molecule has 0 fully saturated rings. The minimum Gasteiger partial charge on any atom is -0.497 e. The number of benzene rings is 1. The van der Waals surface area contributed by atoms with Crippen LogP contribution in [-0.4, -0.2) is 44.7 Å². The molecule has 1 aromatic heterocycles. The van der Waals surface area contributed by atoms with Gasteiger partial charge in [0.15, 0.2) is 0 Å². The average Bonchev–Trinajstić information content (AvgIpc) is 3.10. The molecule has 5 nitrogen and oxygen atoms in total. The van der Waals surface area contributed by atoms with Crippen molar-refractivity contribution in [3.05, 3.63) is 46.7 Å². The first-order chi connectivity index (χ1) is 11.6. The van der Waals surface area contributed by atoms with Crippen LogP contribution in [0.2, 0.25) is 0 Å². The van der Waals surface area contributed by atoms with Crippen LogP contribution in [0.1, 0.15) is 17.8 Å². The van der Waals surface area contributed by atoms with Crippen molar-refractivity contribution in [3.8, 4) is 11.5 Å². The first-order valence-corrected chi connectivity index (χ1v) is 8.74. The van der Waals surface area contributed by atoms with Crippen molar-refractivity contribution < 1.29 is 14.3 Å². The van der Waals surface area contributed by atoms with E-state index in [9.17, 15) is 4.79 Å². The smallest absolute Gasteiger partial charge is 0.234 e.